The van der Waals surface area contributed by atoms with Crippen LogP contribution in [-0.4, -0.2) is 14.8 Å². The van der Waals surface area contributed by atoms with Crippen LogP contribution in [0.3, 0.4) is 0 Å². The first kappa shape index (κ1) is 16.8. The van der Waals surface area contributed by atoms with Crippen molar-refractivity contribution in [1.29, 1.82) is 0 Å². The van der Waals surface area contributed by atoms with Crippen LogP contribution in [0, 0.1) is 5.82 Å². The lowest BCUT2D eigenvalue weighted by Gasteiger charge is -2.14. The average Bonchev–Trinajstić information content (AvgIpc) is 3.19. The Balaban J connectivity index is 1.85. The van der Waals surface area contributed by atoms with Gasteiger partial charge in [-0.05, 0) is 36.8 Å². The van der Waals surface area contributed by atoms with Crippen molar-refractivity contribution >= 4 is 11.8 Å². The third-order valence-electron chi connectivity index (χ3n) is 3.78. The van der Waals surface area contributed by atoms with Crippen molar-refractivity contribution in [2.45, 2.75) is 43.6 Å². The molecular weight excluding hydrogens is 325 g/mol. The zero-order valence-electron chi connectivity index (χ0n) is 13.9. The van der Waals surface area contributed by atoms with E-state index < -0.39 is 0 Å². The van der Waals surface area contributed by atoms with E-state index in [1.54, 1.807) is 18.0 Å². The lowest BCUT2D eigenvalue weighted by Crippen LogP contribution is -2.08. The Hall–Kier alpha value is -2.08. The Morgan fingerprint density at radius 2 is 1.88 bits per heavy atom. The molecule has 1 aromatic carbocycles. The first-order valence-electron chi connectivity index (χ1n) is 7.92. The van der Waals surface area contributed by atoms with Crippen molar-refractivity contribution in [2.24, 2.45) is 0 Å². The molecule has 3 rings (SSSR count). The number of thioether (sulfide) groups is 1. The van der Waals surface area contributed by atoms with E-state index in [-0.39, 0.29) is 17.0 Å². The van der Waals surface area contributed by atoms with E-state index in [1.807, 2.05) is 24.3 Å². The molecule has 0 saturated heterocycles. The van der Waals surface area contributed by atoms with Gasteiger partial charge in [0.1, 0.15) is 17.4 Å². The predicted molar refractivity (Wildman–Crippen MR) is 92.6 cm³/mol. The molecule has 0 N–H and O–H groups in total. The maximum absolute atomic E-state index is 13.1. The number of halogens is 1. The van der Waals surface area contributed by atoms with Gasteiger partial charge in [-0.1, -0.05) is 37.7 Å². The van der Waals surface area contributed by atoms with Crippen LogP contribution in [0.25, 0.3) is 0 Å². The van der Waals surface area contributed by atoms with E-state index in [4.69, 9.17) is 4.42 Å². The van der Waals surface area contributed by atoms with Gasteiger partial charge in [0.05, 0.1) is 12.8 Å². The summed E-state index contributed by atoms with van der Waals surface area (Å²) < 4.78 is 20.7. The number of rotatable bonds is 6. The molecule has 0 aliphatic heterocycles. The molecule has 2 heterocycles. The van der Waals surface area contributed by atoms with Crippen LogP contribution in [0.15, 0.2) is 52.2 Å². The zero-order valence-corrected chi connectivity index (χ0v) is 14.8. The highest BCUT2D eigenvalue weighted by Crippen LogP contribution is 2.35. The highest BCUT2D eigenvalue weighted by molar-refractivity contribution is 7.99. The van der Waals surface area contributed by atoms with Crippen molar-refractivity contribution in [3.63, 3.8) is 0 Å². The Morgan fingerprint density at radius 1 is 1.12 bits per heavy atom. The van der Waals surface area contributed by atoms with Gasteiger partial charge in [0.15, 0.2) is 5.16 Å². The van der Waals surface area contributed by atoms with Crippen LogP contribution in [0.1, 0.15) is 49.1 Å². The van der Waals surface area contributed by atoms with Gasteiger partial charge in [0, 0.05) is 11.2 Å². The van der Waals surface area contributed by atoms with Crippen molar-refractivity contribution < 1.29 is 8.81 Å². The molecule has 0 spiro atoms. The molecule has 0 bridgehead atoms. The van der Waals surface area contributed by atoms with Crippen LogP contribution in [0.4, 0.5) is 4.39 Å². The molecule has 0 aliphatic carbocycles. The number of hydrogen-bond donors (Lipinski definition) is 0. The van der Waals surface area contributed by atoms with Crippen LogP contribution in [0.5, 0.6) is 0 Å². The Kier molecular flexibility index (Phi) is 5.04. The maximum Gasteiger partial charge on any atom is 0.192 e. The van der Waals surface area contributed by atoms with E-state index in [0.717, 1.165) is 22.3 Å². The van der Waals surface area contributed by atoms with Gasteiger partial charge >= 0.3 is 0 Å². The number of nitrogens with zero attached hydrogens (tertiary/aromatic N) is 3. The summed E-state index contributed by atoms with van der Waals surface area (Å²) in [6.07, 6.45) is 1.67. The molecule has 6 heteroatoms. The first-order chi connectivity index (χ1) is 11.5. The fourth-order valence-electron chi connectivity index (χ4n) is 2.48. The number of hydrogen-bond acceptors (Lipinski definition) is 4. The molecule has 0 radical (unpaired) electrons. The zero-order chi connectivity index (χ0) is 17.1. The van der Waals surface area contributed by atoms with Gasteiger partial charge in [-0.3, -0.25) is 4.57 Å². The van der Waals surface area contributed by atoms with E-state index in [2.05, 4.69) is 35.5 Å². The second-order valence-electron chi connectivity index (χ2n) is 5.97. The largest absolute Gasteiger partial charge is 0.467 e. The summed E-state index contributed by atoms with van der Waals surface area (Å²) in [7, 11) is 0. The highest BCUT2D eigenvalue weighted by Gasteiger charge is 2.19. The van der Waals surface area contributed by atoms with Crippen molar-refractivity contribution in [2.75, 3.05) is 0 Å². The third kappa shape index (κ3) is 3.70. The quantitative estimate of drug-likeness (QED) is 0.587. The molecule has 3 aromatic rings. The summed E-state index contributed by atoms with van der Waals surface area (Å²) in [6, 6.07) is 10.4. The topological polar surface area (TPSA) is 43.9 Å². The summed E-state index contributed by atoms with van der Waals surface area (Å²) >= 11 is 1.61. The molecule has 2 aromatic heterocycles. The molecular formula is C18H20FN3OS. The minimum Gasteiger partial charge on any atom is -0.467 e. The van der Waals surface area contributed by atoms with Crippen LogP contribution in [0.2, 0.25) is 0 Å². The normalized spacial score (nSPS) is 12.7. The number of benzene rings is 1. The smallest absolute Gasteiger partial charge is 0.192 e. The molecule has 0 amide bonds. The van der Waals surface area contributed by atoms with Gasteiger partial charge < -0.3 is 4.42 Å². The van der Waals surface area contributed by atoms with E-state index >= 15 is 0 Å². The lowest BCUT2D eigenvalue weighted by molar-refractivity contribution is 0.475. The molecule has 0 aliphatic rings. The first-order valence-corrected chi connectivity index (χ1v) is 8.80. The molecule has 1 unspecified atom stereocenters. The fourth-order valence-corrected chi connectivity index (χ4v) is 3.46. The molecule has 0 fully saturated rings. The summed E-state index contributed by atoms with van der Waals surface area (Å²) in [5, 5.41) is 9.69. The van der Waals surface area contributed by atoms with E-state index in [9.17, 15) is 4.39 Å². The minimum atomic E-state index is -0.223. The second-order valence-corrected chi connectivity index (χ2v) is 7.28. The van der Waals surface area contributed by atoms with Gasteiger partial charge in [-0.25, -0.2) is 4.39 Å². The maximum atomic E-state index is 13.1. The summed E-state index contributed by atoms with van der Waals surface area (Å²) in [6.45, 7) is 6.88. The summed E-state index contributed by atoms with van der Waals surface area (Å²) in [5.74, 6) is 1.84. The fraction of sp³-hybridized carbons (Fsp3) is 0.333. The second kappa shape index (κ2) is 7.21. The van der Waals surface area contributed by atoms with Gasteiger partial charge in [-0.2, -0.15) is 0 Å². The van der Waals surface area contributed by atoms with Crippen LogP contribution < -0.4 is 0 Å². The van der Waals surface area contributed by atoms with E-state index in [1.165, 1.54) is 12.1 Å². The summed E-state index contributed by atoms with van der Waals surface area (Å²) in [4.78, 5) is 0. The monoisotopic (exact) mass is 345 g/mol. The average molecular weight is 345 g/mol. The van der Waals surface area contributed by atoms with E-state index in [0.29, 0.717) is 6.54 Å². The Labute approximate surface area is 145 Å². The SMILES string of the molecule is CC(C)c1nnc(SC(C)c2ccc(F)cc2)n1Cc1ccco1. The van der Waals surface area contributed by atoms with Crippen molar-refractivity contribution in [3.05, 3.63) is 65.6 Å². The number of aromatic nitrogens is 3. The van der Waals surface area contributed by atoms with Crippen LogP contribution >= 0.6 is 11.8 Å². The lowest BCUT2D eigenvalue weighted by atomic mass is 10.2. The Morgan fingerprint density at radius 3 is 2.50 bits per heavy atom. The molecule has 126 valence electrons. The van der Waals surface area contributed by atoms with Gasteiger partial charge in [0.2, 0.25) is 0 Å². The standard InChI is InChI=1S/C18H20FN3OS/c1-12(2)17-20-21-18(22(17)11-16-5-4-10-23-16)24-13(3)14-6-8-15(19)9-7-14/h4-10,12-13H,11H2,1-3H3. The van der Waals surface area contributed by atoms with Crippen molar-refractivity contribution in [1.82, 2.24) is 14.8 Å². The van der Waals surface area contributed by atoms with Crippen LogP contribution in [-0.2, 0) is 6.54 Å². The number of furan rings is 1. The van der Waals surface area contributed by atoms with Gasteiger partial charge in [0.25, 0.3) is 0 Å². The third-order valence-corrected chi connectivity index (χ3v) is 4.92. The van der Waals surface area contributed by atoms with Gasteiger partial charge in [-0.15, -0.1) is 10.2 Å². The predicted octanol–water partition coefficient (Wildman–Crippen LogP) is 5.04. The minimum absolute atomic E-state index is 0.144. The molecule has 0 saturated carbocycles. The molecule has 24 heavy (non-hydrogen) atoms. The highest BCUT2D eigenvalue weighted by atomic mass is 32.2. The molecule has 1 atom stereocenters. The molecule has 4 nitrogen and oxygen atoms in total. The van der Waals surface area contributed by atoms with Crippen molar-refractivity contribution in [3.8, 4) is 0 Å². The summed E-state index contributed by atoms with van der Waals surface area (Å²) in [5.41, 5.74) is 1.06. The Bertz CT molecular complexity index is 781.